The van der Waals surface area contributed by atoms with Gasteiger partial charge in [-0.15, -0.1) is 5.10 Å². The fraction of sp³-hybridized carbons (Fsp3) is 0.476. The fourth-order valence-electron chi connectivity index (χ4n) is 4.08. The summed E-state index contributed by atoms with van der Waals surface area (Å²) >= 11 is 0. The number of rotatable bonds is 7. The van der Waals surface area contributed by atoms with Crippen molar-refractivity contribution in [3.8, 4) is 0 Å². The largest absolute Gasteiger partial charge is 0.340 e. The summed E-state index contributed by atoms with van der Waals surface area (Å²) < 4.78 is 0. The molecule has 0 spiro atoms. The Hall–Kier alpha value is -3.23. The molecule has 2 heterocycles. The molecule has 1 aliphatic carbocycles. The molecule has 1 aromatic carbocycles. The first-order valence-corrected chi connectivity index (χ1v) is 10.5. The van der Waals surface area contributed by atoms with Crippen molar-refractivity contribution in [2.24, 2.45) is 5.92 Å². The molecule has 0 bridgehead atoms. The van der Waals surface area contributed by atoms with Crippen LogP contribution in [0.15, 0.2) is 24.3 Å². The van der Waals surface area contributed by atoms with Gasteiger partial charge in [0.1, 0.15) is 11.9 Å². The second-order valence-corrected chi connectivity index (χ2v) is 7.94. The number of amides is 3. The number of aromatic nitrogens is 3. The summed E-state index contributed by atoms with van der Waals surface area (Å²) in [6, 6.07) is 6.02. The second kappa shape index (κ2) is 9.06. The number of hydrogen-bond acceptors (Lipinski definition) is 5. The second-order valence-electron chi connectivity index (χ2n) is 7.94. The SMILES string of the molecule is O=C(CC[C@@H]1NC(=O)c2ccccc2NC1=O)Nc1n[nH]c(CCC2CCCC2)n1. The summed E-state index contributed by atoms with van der Waals surface area (Å²) in [6.45, 7) is 0. The van der Waals surface area contributed by atoms with Crippen molar-refractivity contribution in [3.63, 3.8) is 0 Å². The van der Waals surface area contributed by atoms with Crippen LogP contribution >= 0.6 is 0 Å². The molecule has 9 nitrogen and oxygen atoms in total. The van der Waals surface area contributed by atoms with Crippen LogP contribution in [0.4, 0.5) is 11.6 Å². The van der Waals surface area contributed by atoms with Gasteiger partial charge in [-0.1, -0.05) is 37.8 Å². The van der Waals surface area contributed by atoms with E-state index in [0.29, 0.717) is 11.3 Å². The van der Waals surface area contributed by atoms with Crippen LogP contribution in [-0.2, 0) is 16.0 Å². The van der Waals surface area contributed by atoms with Crippen molar-refractivity contribution >= 4 is 29.4 Å². The first-order chi connectivity index (χ1) is 14.6. The highest BCUT2D eigenvalue weighted by Crippen LogP contribution is 2.28. The highest BCUT2D eigenvalue weighted by atomic mass is 16.2. The number of nitrogens with zero attached hydrogens (tertiary/aromatic N) is 2. The van der Waals surface area contributed by atoms with E-state index in [1.807, 2.05) is 0 Å². The van der Waals surface area contributed by atoms with Gasteiger partial charge in [0, 0.05) is 12.8 Å². The van der Waals surface area contributed by atoms with Gasteiger partial charge in [-0.25, -0.2) is 0 Å². The zero-order valence-corrected chi connectivity index (χ0v) is 16.7. The molecule has 30 heavy (non-hydrogen) atoms. The van der Waals surface area contributed by atoms with Gasteiger partial charge in [-0.2, -0.15) is 4.98 Å². The number of carbonyl (C=O) groups is 3. The van der Waals surface area contributed by atoms with E-state index in [1.165, 1.54) is 25.7 Å². The van der Waals surface area contributed by atoms with E-state index < -0.39 is 6.04 Å². The summed E-state index contributed by atoms with van der Waals surface area (Å²) in [5.41, 5.74) is 0.876. The topological polar surface area (TPSA) is 129 Å². The number of anilines is 2. The predicted octanol–water partition coefficient (Wildman–Crippen LogP) is 2.40. The number of aryl methyl sites for hydroxylation is 1. The Labute approximate surface area is 174 Å². The molecule has 1 aromatic heterocycles. The summed E-state index contributed by atoms with van der Waals surface area (Å²) in [5, 5.41) is 15.0. The summed E-state index contributed by atoms with van der Waals surface area (Å²) in [4.78, 5) is 41.3. The minimum Gasteiger partial charge on any atom is -0.340 e. The molecule has 158 valence electrons. The van der Waals surface area contributed by atoms with Gasteiger partial charge in [0.25, 0.3) is 5.91 Å². The quantitative estimate of drug-likeness (QED) is 0.557. The molecule has 9 heteroatoms. The molecule has 0 radical (unpaired) electrons. The van der Waals surface area contributed by atoms with Gasteiger partial charge in [-0.3, -0.25) is 24.8 Å². The van der Waals surface area contributed by atoms with Gasteiger partial charge in [0.05, 0.1) is 11.3 Å². The van der Waals surface area contributed by atoms with Crippen LogP contribution in [0.25, 0.3) is 0 Å². The van der Waals surface area contributed by atoms with E-state index >= 15 is 0 Å². The van der Waals surface area contributed by atoms with Crippen LogP contribution in [0, 0.1) is 5.92 Å². The highest BCUT2D eigenvalue weighted by molar-refractivity contribution is 6.09. The molecule has 2 aliphatic rings. The Morgan fingerprint density at radius 1 is 1.13 bits per heavy atom. The molecule has 0 saturated heterocycles. The van der Waals surface area contributed by atoms with Crippen LogP contribution in [0.2, 0.25) is 0 Å². The molecular weight excluding hydrogens is 384 g/mol. The molecule has 1 atom stereocenters. The van der Waals surface area contributed by atoms with E-state index in [-0.39, 0.29) is 36.5 Å². The highest BCUT2D eigenvalue weighted by Gasteiger charge is 2.28. The summed E-state index contributed by atoms with van der Waals surface area (Å²) in [6.07, 6.45) is 7.34. The number of aromatic amines is 1. The zero-order chi connectivity index (χ0) is 20.9. The Morgan fingerprint density at radius 2 is 1.93 bits per heavy atom. The number of para-hydroxylation sites is 1. The van der Waals surface area contributed by atoms with Crippen LogP contribution in [0.5, 0.6) is 0 Å². The van der Waals surface area contributed by atoms with E-state index in [0.717, 1.165) is 24.6 Å². The van der Waals surface area contributed by atoms with Crippen LogP contribution in [-0.4, -0.2) is 38.9 Å². The van der Waals surface area contributed by atoms with Gasteiger partial charge in [-0.05, 0) is 30.9 Å². The normalized spacial score (nSPS) is 19.0. The number of benzene rings is 1. The maximum atomic E-state index is 12.4. The van der Waals surface area contributed by atoms with Crippen molar-refractivity contribution in [1.29, 1.82) is 0 Å². The Balaban J connectivity index is 1.26. The molecule has 4 rings (SSSR count). The molecule has 0 unspecified atom stereocenters. The Bertz CT molecular complexity index is 934. The Kier molecular flexibility index (Phi) is 6.06. The lowest BCUT2D eigenvalue weighted by Gasteiger charge is -2.13. The first kappa shape index (κ1) is 20.1. The summed E-state index contributed by atoms with van der Waals surface area (Å²) in [5.74, 6) is 0.789. The lowest BCUT2D eigenvalue weighted by molar-refractivity contribution is -0.118. The standard InChI is InChI=1S/C21H26N6O3/c28-18(25-21-24-17(26-27-21)11-9-13-5-1-2-6-13)12-10-16-20(30)22-15-8-4-3-7-14(15)19(29)23-16/h3-4,7-8,13,16H,1-2,5-6,9-12H2,(H,22,30)(H,23,29)(H2,24,25,26,27,28)/t16-/m0/s1. The van der Waals surface area contributed by atoms with Crippen LogP contribution in [0.1, 0.15) is 61.1 Å². The minimum atomic E-state index is -0.787. The Morgan fingerprint density at radius 3 is 2.77 bits per heavy atom. The van der Waals surface area contributed by atoms with Crippen molar-refractivity contribution in [1.82, 2.24) is 20.5 Å². The third-order valence-electron chi connectivity index (χ3n) is 5.76. The molecule has 1 saturated carbocycles. The van der Waals surface area contributed by atoms with Gasteiger partial charge in [0.15, 0.2) is 0 Å². The maximum Gasteiger partial charge on any atom is 0.254 e. The molecule has 1 aliphatic heterocycles. The first-order valence-electron chi connectivity index (χ1n) is 10.5. The molecule has 1 fully saturated rings. The predicted molar refractivity (Wildman–Crippen MR) is 111 cm³/mol. The van der Waals surface area contributed by atoms with Crippen molar-refractivity contribution in [2.45, 2.75) is 57.4 Å². The number of carbonyl (C=O) groups excluding carboxylic acids is 3. The maximum absolute atomic E-state index is 12.4. The number of hydrogen-bond donors (Lipinski definition) is 4. The molecule has 4 N–H and O–H groups in total. The average molecular weight is 410 g/mol. The van der Waals surface area contributed by atoms with Crippen molar-refractivity contribution < 1.29 is 14.4 Å². The smallest absolute Gasteiger partial charge is 0.254 e. The number of H-pyrrole nitrogens is 1. The molecule has 3 amide bonds. The van der Waals surface area contributed by atoms with Gasteiger partial charge < -0.3 is 10.6 Å². The van der Waals surface area contributed by atoms with Crippen LogP contribution < -0.4 is 16.0 Å². The van der Waals surface area contributed by atoms with E-state index in [2.05, 4.69) is 31.1 Å². The minimum absolute atomic E-state index is 0.0562. The third-order valence-corrected chi connectivity index (χ3v) is 5.76. The fourth-order valence-corrected chi connectivity index (χ4v) is 4.08. The van der Waals surface area contributed by atoms with E-state index in [4.69, 9.17) is 0 Å². The van der Waals surface area contributed by atoms with Crippen LogP contribution in [0.3, 0.4) is 0 Å². The lowest BCUT2D eigenvalue weighted by Crippen LogP contribution is -2.41. The average Bonchev–Trinajstić information content (AvgIpc) is 3.39. The number of fused-ring (bicyclic) bond motifs is 1. The van der Waals surface area contributed by atoms with Crippen molar-refractivity contribution in [2.75, 3.05) is 10.6 Å². The lowest BCUT2D eigenvalue weighted by atomic mass is 10.0. The van der Waals surface area contributed by atoms with E-state index in [9.17, 15) is 14.4 Å². The monoisotopic (exact) mass is 410 g/mol. The number of nitrogens with one attached hydrogen (secondary N) is 4. The third kappa shape index (κ3) is 4.84. The van der Waals surface area contributed by atoms with Crippen molar-refractivity contribution in [3.05, 3.63) is 35.7 Å². The van der Waals surface area contributed by atoms with E-state index in [1.54, 1.807) is 24.3 Å². The molecular formula is C21H26N6O3. The van der Waals surface area contributed by atoms with Gasteiger partial charge in [0.2, 0.25) is 17.8 Å². The zero-order valence-electron chi connectivity index (χ0n) is 16.7. The summed E-state index contributed by atoms with van der Waals surface area (Å²) in [7, 11) is 0. The molecule has 2 aromatic rings. The van der Waals surface area contributed by atoms with Gasteiger partial charge >= 0.3 is 0 Å².